The highest BCUT2D eigenvalue weighted by atomic mass is 79.9. The first-order chi connectivity index (χ1) is 18.5. The number of furan rings is 1. The van der Waals surface area contributed by atoms with Crippen LogP contribution in [0.15, 0.2) is 45.3 Å². The first-order valence-electron chi connectivity index (χ1n) is 13.2. The Hall–Kier alpha value is -2.69. The number of hydrogen-bond donors (Lipinski definition) is 1. The van der Waals surface area contributed by atoms with E-state index < -0.39 is 41.6 Å². The van der Waals surface area contributed by atoms with Gasteiger partial charge in [-0.1, -0.05) is 44.2 Å². The Balaban J connectivity index is 2.00. The second-order valence-corrected chi connectivity index (χ2v) is 11.4. The van der Waals surface area contributed by atoms with Crippen LogP contribution in [0.5, 0.6) is 0 Å². The van der Waals surface area contributed by atoms with Gasteiger partial charge in [0.2, 0.25) is 5.91 Å². The van der Waals surface area contributed by atoms with Gasteiger partial charge in [-0.25, -0.2) is 9.69 Å². The number of halogens is 1. The number of hydrogen-bond acceptors (Lipinski definition) is 8. The average molecular weight is 609 g/mol. The molecule has 1 saturated heterocycles. The van der Waals surface area contributed by atoms with E-state index in [-0.39, 0.29) is 25.6 Å². The molecule has 2 aromatic rings. The van der Waals surface area contributed by atoms with Crippen LogP contribution in [0, 0.1) is 11.8 Å². The fourth-order valence-electron chi connectivity index (χ4n) is 5.21. The quantitative estimate of drug-likeness (QED) is 0.243. The predicted molar refractivity (Wildman–Crippen MR) is 147 cm³/mol. The Morgan fingerprint density at radius 3 is 2.49 bits per heavy atom. The molecule has 39 heavy (non-hydrogen) atoms. The van der Waals surface area contributed by atoms with Crippen LogP contribution in [0.2, 0.25) is 0 Å². The molecule has 2 amide bonds. The van der Waals surface area contributed by atoms with Crippen molar-refractivity contribution in [2.75, 3.05) is 19.8 Å². The van der Waals surface area contributed by atoms with Crippen LogP contribution < -0.4 is 0 Å². The van der Waals surface area contributed by atoms with E-state index in [4.69, 9.17) is 23.7 Å². The molecule has 3 rings (SSSR count). The van der Waals surface area contributed by atoms with Crippen LogP contribution >= 0.6 is 15.9 Å². The summed E-state index contributed by atoms with van der Waals surface area (Å²) in [5.74, 6) is -1.20. The predicted octanol–water partition coefficient (Wildman–Crippen LogP) is 5.23. The zero-order valence-corrected chi connectivity index (χ0v) is 24.7. The number of carbonyl (C=O) groups excluding carboxylic acids is 3. The molecule has 1 aliphatic heterocycles. The number of imide groups is 1. The van der Waals surface area contributed by atoms with Crippen LogP contribution in [0.25, 0.3) is 0 Å². The van der Waals surface area contributed by atoms with Crippen molar-refractivity contribution in [3.63, 3.8) is 0 Å². The number of cyclic esters (lactones) is 1. The molecule has 1 N–H and O–H groups in total. The lowest BCUT2D eigenvalue weighted by atomic mass is 9.86. The highest BCUT2D eigenvalue weighted by Crippen LogP contribution is 2.40. The highest BCUT2D eigenvalue weighted by molar-refractivity contribution is 9.10. The van der Waals surface area contributed by atoms with Gasteiger partial charge in [-0.15, -0.1) is 0 Å². The number of esters is 1. The molecule has 1 aliphatic rings. The number of amides is 2. The first-order valence-corrected chi connectivity index (χ1v) is 14.0. The Bertz CT molecular complexity index is 1130. The number of aryl methyl sites for hydroxylation is 1. The van der Waals surface area contributed by atoms with E-state index in [1.807, 2.05) is 44.2 Å². The number of aliphatic hydroxyl groups excluding tert-OH is 1. The maximum Gasteiger partial charge on any atom is 0.417 e. The zero-order valence-electron chi connectivity index (χ0n) is 23.1. The highest BCUT2D eigenvalue weighted by Gasteiger charge is 2.54. The largest absolute Gasteiger partial charge is 0.461 e. The summed E-state index contributed by atoms with van der Waals surface area (Å²) in [6.07, 6.45) is -0.434. The van der Waals surface area contributed by atoms with Gasteiger partial charge >= 0.3 is 12.1 Å². The SMILES string of the molecule is CC(=O)O[C@@H](c1cc(Br)c(CCCOCCO)o1)[C@@H](Cc1ccccc1)C(=O)N1C(=O)OC(C)(C)[C@H]1C(C)C. The lowest BCUT2D eigenvalue weighted by molar-refractivity contribution is -0.156. The summed E-state index contributed by atoms with van der Waals surface area (Å²) in [5.41, 5.74) is -0.0403. The summed E-state index contributed by atoms with van der Waals surface area (Å²) in [6, 6.07) is 10.6. The molecular formula is C29H38BrNO8. The molecule has 0 bridgehead atoms. The molecule has 0 aliphatic carbocycles. The van der Waals surface area contributed by atoms with Gasteiger partial charge in [0.05, 0.1) is 29.6 Å². The van der Waals surface area contributed by atoms with Crippen LogP contribution in [0.3, 0.4) is 0 Å². The van der Waals surface area contributed by atoms with Gasteiger partial charge in [-0.3, -0.25) is 9.59 Å². The summed E-state index contributed by atoms with van der Waals surface area (Å²) in [7, 11) is 0. The molecule has 0 saturated carbocycles. The van der Waals surface area contributed by atoms with E-state index >= 15 is 0 Å². The molecule has 0 unspecified atom stereocenters. The normalized spacial score (nSPS) is 18.2. The van der Waals surface area contributed by atoms with Gasteiger partial charge < -0.3 is 23.7 Å². The van der Waals surface area contributed by atoms with E-state index in [1.54, 1.807) is 19.9 Å². The summed E-state index contributed by atoms with van der Waals surface area (Å²) in [4.78, 5) is 40.8. The van der Waals surface area contributed by atoms with Crippen LogP contribution in [-0.2, 0) is 36.6 Å². The third-order valence-electron chi connectivity index (χ3n) is 6.67. The Morgan fingerprint density at radius 1 is 1.18 bits per heavy atom. The lowest BCUT2D eigenvalue weighted by Crippen LogP contribution is -2.51. The fourth-order valence-corrected chi connectivity index (χ4v) is 5.72. The molecule has 10 heteroatoms. The third-order valence-corrected chi connectivity index (χ3v) is 7.34. The molecule has 0 radical (unpaired) electrons. The van der Waals surface area contributed by atoms with Crippen LogP contribution in [-0.4, -0.2) is 59.4 Å². The topological polar surface area (TPSA) is 116 Å². The van der Waals surface area contributed by atoms with E-state index in [1.165, 1.54) is 11.8 Å². The Kier molecular flexibility index (Phi) is 10.7. The summed E-state index contributed by atoms with van der Waals surface area (Å²) < 4.78 is 23.5. The van der Waals surface area contributed by atoms with Crippen molar-refractivity contribution >= 4 is 33.9 Å². The second kappa shape index (κ2) is 13.6. The summed E-state index contributed by atoms with van der Waals surface area (Å²) >= 11 is 3.52. The van der Waals surface area contributed by atoms with Crippen molar-refractivity contribution in [1.82, 2.24) is 4.90 Å². The molecule has 0 spiro atoms. The first kappa shape index (κ1) is 30.8. The molecule has 1 fully saturated rings. The van der Waals surface area contributed by atoms with Crippen LogP contribution in [0.1, 0.15) is 64.2 Å². The maximum absolute atomic E-state index is 14.3. The molecule has 9 nitrogen and oxygen atoms in total. The number of benzene rings is 1. The van der Waals surface area contributed by atoms with Crippen molar-refractivity contribution in [2.45, 2.75) is 71.6 Å². The maximum atomic E-state index is 14.3. The molecule has 1 aromatic carbocycles. The minimum atomic E-state index is -1.09. The van der Waals surface area contributed by atoms with Gasteiger partial charge in [0, 0.05) is 20.0 Å². The number of rotatable bonds is 13. The molecule has 3 atom stereocenters. The number of carbonyl (C=O) groups is 3. The fraction of sp³-hybridized carbons (Fsp3) is 0.552. The van der Waals surface area contributed by atoms with Crippen molar-refractivity contribution < 1.29 is 38.1 Å². The standard InChI is InChI=1S/C29H38BrNO8/c1-18(2)26-29(4,5)39-28(35)31(26)27(34)21(16-20-10-7-6-8-11-20)25(37-19(3)33)24-17-22(30)23(38-24)12-9-14-36-15-13-32/h6-8,10-11,17-18,21,25-26,32H,9,12-16H2,1-5H3/t21-,25-,26-/m1/s1. The number of ether oxygens (including phenoxy) is 3. The van der Waals surface area contributed by atoms with Gasteiger partial charge in [0.25, 0.3) is 0 Å². The van der Waals surface area contributed by atoms with Crippen molar-refractivity contribution in [3.05, 3.63) is 58.0 Å². The van der Waals surface area contributed by atoms with Gasteiger partial charge in [0.1, 0.15) is 17.1 Å². The van der Waals surface area contributed by atoms with Gasteiger partial charge in [-0.05, 0) is 60.2 Å². The molecular weight excluding hydrogens is 570 g/mol. The minimum absolute atomic E-state index is 0.0467. The molecule has 2 heterocycles. The van der Waals surface area contributed by atoms with Gasteiger partial charge in [0.15, 0.2) is 6.10 Å². The molecule has 1 aromatic heterocycles. The number of aliphatic hydroxyl groups is 1. The second-order valence-electron chi connectivity index (χ2n) is 10.6. The summed E-state index contributed by atoms with van der Waals surface area (Å²) in [6.45, 7) is 9.38. The van der Waals surface area contributed by atoms with Crippen molar-refractivity contribution in [2.24, 2.45) is 11.8 Å². The zero-order chi connectivity index (χ0) is 28.7. The smallest absolute Gasteiger partial charge is 0.417 e. The Morgan fingerprint density at radius 2 is 1.87 bits per heavy atom. The Labute approximate surface area is 237 Å². The van der Waals surface area contributed by atoms with E-state index in [0.717, 1.165) is 5.56 Å². The minimum Gasteiger partial charge on any atom is -0.461 e. The summed E-state index contributed by atoms with van der Waals surface area (Å²) in [5, 5.41) is 8.88. The lowest BCUT2D eigenvalue weighted by Gasteiger charge is -2.34. The van der Waals surface area contributed by atoms with E-state index in [2.05, 4.69) is 15.9 Å². The monoisotopic (exact) mass is 607 g/mol. The average Bonchev–Trinajstić information content (AvgIpc) is 3.35. The number of nitrogens with zero attached hydrogens (tertiary/aromatic N) is 1. The van der Waals surface area contributed by atoms with E-state index in [9.17, 15) is 14.4 Å². The van der Waals surface area contributed by atoms with Crippen molar-refractivity contribution in [3.8, 4) is 0 Å². The van der Waals surface area contributed by atoms with Crippen LogP contribution in [0.4, 0.5) is 4.79 Å². The third kappa shape index (κ3) is 7.70. The van der Waals surface area contributed by atoms with E-state index in [0.29, 0.717) is 35.4 Å². The van der Waals surface area contributed by atoms with Crippen molar-refractivity contribution in [1.29, 1.82) is 0 Å². The van der Waals surface area contributed by atoms with Gasteiger partial charge in [-0.2, -0.15) is 0 Å². The molecule has 214 valence electrons.